The summed E-state index contributed by atoms with van der Waals surface area (Å²) in [6, 6.07) is 6.44. The summed E-state index contributed by atoms with van der Waals surface area (Å²) >= 11 is 6.30. The summed E-state index contributed by atoms with van der Waals surface area (Å²) in [5, 5.41) is 0. The average molecular weight is 317 g/mol. The Labute approximate surface area is 126 Å². The highest BCUT2D eigenvalue weighted by Crippen LogP contribution is 2.36. The van der Waals surface area contributed by atoms with Crippen LogP contribution in [-0.2, 0) is 14.6 Å². The van der Waals surface area contributed by atoms with E-state index in [1.165, 1.54) is 12.1 Å². The first-order chi connectivity index (χ1) is 9.29. The first-order valence-electron chi connectivity index (χ1n) is 6.83. The molecular formula is C15H21ClO3S. The number of rotatable bonds is 7. The summed E-state index contributed by atoms with van der Waals surface area (Å²) in [5.41, 5.74) is 0.958. The van der Waals surface area contributed by atoms with Crippen LogP contribution in [0.15, 0.2) is 29.2 Å². The van der Waals surface area contributed by atoms with Gasteiger partial charge < -0.3 is 0 Å². The lowest BCUT2D eigenvalue weighted by Gasteiger charge is -2.25. The molecule has 3 nitrogen and oxygen atoms in total. The summed E-state index contributed by atoms with van der Waals surface area (Å²) in [6.45, 7) is 5.53. The van der Waals surface area contributed by atoms with Gasteiger partial charge in [0.2, 0.25) is 14.0 Å². The molecule has 0 fully saturated rings. The van der Waals surface area contributed by atoms with Crippen LogP contribution < -0.4 is 0 Å². The zero-order chi connectivity index (χ0) is 15.4. The lowest BCUT2D eigenvalue weighted by molar-refractivity contribution is -0.119. The number of halogens is 1. The second kappa shape index (κ2) is 6.72. The Bertz CT molecular complexity index is 563. The van der Waals surface area contributed by atoms with Gasteiger partial charge in [-0.3, -0.25) is 4.79 Å². The highest BCUT2D eigenvalue weighted by atomic mass is 35.5. The fourth-order valence-corrected chi connectivity index (χ4v) is 4.36. The van der Waals surface area contributed by atoms with Crippen molar-refractivity contribution in [1.29, 1.82) is 0 Å². The van der Waals surface area contributed by atoms with Crippen LogP contribution in [-0.4, -0.2) is 18.4 Å². The molecule has 1 aromatic rings. The third-order valence-electron chi connectivity index (χ3n) is 3.22. The van der Waals surface area contributed by atoms with Crippen molar-refractivity contribution in [2.45, 2.75) is 55.6 Å². The zero-order valence-corrected chi connectivity index (χ0v) is 13.7. The molecule has 112 valence electrons. The van der Waals surface area contributed by atoms with E-state index in [0.717, 1.165) is 5.56 Å². The van der Waals surface area contributed by atoms with Crippen LogP contribution in [0.25, 0.3) is 0 Å². The summed E-state index contributed by atoms with van der Waals surface area (Å²) in [5.74, 6) is -0.413. The van der Waals surface area contributed by atoms with Crippen molar-refractivity contribution in [3.05, 3.63) is 29.8 Å². The molecule has 1 aromatic carbocycles. The van der Waals surface area contributed by atoms with E-state index in [4.69, 9.17) is 11.6 Å². The van der Waals surface area contributed by atoms with E-state index in [2.05, 4.69) is 0 Å². The van der Waals surface area contributed by atoms with Crippen molar-refractivity contribution in [1.82, 2.24) is 0 Å². The van der Waals surface area contributed by atoms with Gasteiger partial charge in [-0.15, -0.1) is 0 Å². The molecule has 0 amide bonds. The molecule has 0 radical (unpaired) electrons. The van der Waals surface area contributed by atoms with Crippen molar-refractivity contribution < 1.29 is 13.2 Å². The van der Waals surface area contributed by atoms with Gasteiger partial charge >= 0.3 is 0 Å². The number of aryl methyl sites for hydroxylation is 1. The van der Waals surface area contributed by atoms with Gasteiger partial charge in [-0.2, -0.15) is 0 Å². The van der Waals surface area contributed by atoms with Gasteiger partial charge in [-0.1, -0.05) is 49.6 Å². The lowest BCUT2D eigenvalue weighted by atomic mass is 10.1. The Hall–Kier alpha value is -0.870. The van der Waals surface area contributed by atoms with Crippen LogP contribution >= 0.6 is 11.6 Å². The average Bonchev–Trinajstić information content (AvgIpc) is 2.39. The molecule has 0 N–H and O–H groups in total. The van der Waals surface area contributed by atoms with Crippen LogP contribution in [0.3, 0.4) is 0 Å². The van der Waals surface area contributed by atoms with E-state index in [1.54, 1.807) is 12.1 Å². The number of hydrogen-bond acceptors (Lipinski definition) is 3. The predicted octanol–water partition coefficient (Wildman–Crippen LogP) is 3.87. The molecule has 1 rings (SSSR count). The first kappa shape index (κ1) is 17.2. The molecule has 0 aliphatic carbocycles. The second-order valence-electron chi connectivity index (χ2n) is 4.97. The van der Waals surface area contributed by atoms with E-state index >= 15 is 0 Å². The Morgan fingerprint density at radius 1 is 1.15 bits per heavy atom. The van der Waals surface area contributed by atoms with Gasteiger partial charge in [0, 0.05) is 6.42 Å². The molecule has 20 heavy (non-hydrogen) atoms. The minimum Gasteiger partial charge on any atom is -0.297 e. The Morgan fingerprint density at radius 2 is 1.70 bits per heavy atom. The second-order valence-corrected chi connectivity index (χ2v) is 8.01. The molecule has 0 unspecified atom stereocenters. The summed E-state index contributed by atoms with van der Waals surface area (Å²) in [4.78, 5) is 12.3. The Morgan fingerprint density at radius 3 is 2.15 bits per heavy atom. The summed E-state index contributed by atoms with van der Waals surface area (Å²) < 4.78 is 23.6. The van der Waals surface area contributed by atoms with Crippen molar-refractivity contribution >= 4 is 27.2 Å². The number of carbonyl (C=O) groups excluding carboxylic acids is 1. The van der Waals surface area contributed by atoms with Crippen LogP contribution in [0.2, 0.25) is 0 Å². The number of alkyl halides is 1. The fraction of sp³-hybridized carbons (Fsp3) is 0.533. The van der Waals surface area contributed by atoms with Gasteiger partial charge in [0.1, 0.15) is 0 Å². The molecule has 0 bridgehead atoms. The normalized spacial score (nSPS) is 14.8. The summed E-state index contributed by atoms with van der Waals surface area (Å²) in [6.07, 6.45) is 1.42. The Balaban J connectivity index is 3.31. The molecule has 1 atom stereocenters. The fourth-order valence-electron chi connectivity index (χ4n) is 2.06. The van der Waals surface area contributed by atoms with E-state index in [-0.39, 0.29) is 17.7 Å². The molecule has 0 heterocycles. The van der Waals surface area contributed by atoms with Crippen LogP contribution in [0.1, 0.15) is 45.1 Å². The minimum absolute atomic E-state index is 0.107. The molecule has 5 heteroatoms. The maximum absolute atomic E-state index is 12.7. The van der Waals surface area contributed by atoms with Crippen LogP contribution in [0, 0.1) is 6.92 Å². The van der Waals surface area contributed by atoms with Gasteiger partial charge in [-0.25, -0.2) is 8.42 Å². The number of hydrogen-bond donors (Lipinski definition) is 0. The van der Waals surface area contributed by atoms with E-state index in [9.17, 15) is 13.2 Å². The molecule has 0 aliphatic heterocycles. The monoisotopic (exact) mass is 316 g/mol. The van der Waals surface area contributed by atoms with E-state index in [1.807, 2.05) is 20.8 Å². The SMILES string of the molecule is CCCC(=O)[C@](Cl)(CCC)S(=O)(=O)c1ccc(C)cc1. The number of carbonyl (C=O) groups is 1. The van der Waals surface area contributed by atoms with E-state index in [0.29, 0.717) is 12.8 Å². The Kier molecular flexibility index (Phi) is 5.78. The van der Waals surface area contributed by atoms with Crippen molar-refractivity contribution in [2.75, 3.05) is 0 Å². The van der Waals surface area contributed by atoms with E-state index < -0.39 is 19.8 Å². The van der Waals surface area contributed by atoms with Crippen LogP contribution in [0.4, 0.5) is 0 Å². The number of Topliss-reactive ketones (excluding diaryl/α,β-unsaturated/α-hetero) is 1. The van der Waals surface area contributed by atoms with Crippen molar-refractivity contribution in [3.63, 3.8) is 0 Å². The lowest BCUT2D eigenvalue weighted by Crippen LogP contribution is -2.41. The minimum atomic E-state index is -3.89. The predicted molar refractivity (Wildman–Crippen MR) is 81.8 cm³/mol. The first-order valence-corrected chi connectivity index (χ1v) is 8.69. The maximum atomic E-state index is 12.7. The highest BCUT2D eigenvalue weighted by Gasteiger charge is 2.47. The molecule has 0 saturated heterocycles. The molecule has 0 spiro atoms. The van der Waals surface area contributed by atoms with Gasteiger partial charge in [0.05, 0.1) is 4.90 Å². The highest BCUT2D eigenvalue weighted by molar-refractivity contribution is 7.95. The van der Waals surface area contributed by atoms with Crippen molar-refractivity contribution in [3.8, 4) is 0 Å². The quantitative estimate of drug-likeness (QED) is 0.717. The standard InChI is InChI=1S/C15H21ClO3S/c1-4-6-14(17)15(16,11-5-2)20(18,19)13-9-7-12(3)8-10-13/h7-10H,4-6,11H2,1-3H3/t15-/m0/s1. The van der Waals surface area contributed by atoms with Gasteiger partial charge in [0.15, 0.2) is 5.78 Å². The third-order valence-corrected chi connectivity index (χ3v) is 6.41. The van der Waals surface area contributed by atoms with Gasteiger partial charge in [0.25, 0.3) is 0 Å². The topological polar surface area (TPSA) is 51.2 Å². The largest absolute Gasteiger partial charge is 0.297 e. The number of sulfone groups is 1. The molecule has 0 aliphatic rings. The van der Waals surface area contributed by atoms with Gasteiger partial charge in [-0.05, 0) is 31.9 Å². The van der Waals surface area contributed by atoms with Crippen LogP contribution in [0.5, 0.6) is 0 Å². The maximum Gasteiger partial charge on any atom is 0.207 e. The number of benzene rings is 1. The molecule has 0 aromatic heterocycles. The number of ketones is 1. The zero-order valence-electron chi connectivity index (χ0n) is 12.1. The molecular weight excluding hydrogens is 296 g/mol. The summed E-state index contributed by atoms with van der Waals surface area (Å²) in [7, 11) is -3.89. The van der Waals surface area contributed by atoms with Crippen molar-refractivity contribution in [2.24, 2.45) is 0 Å². The third kappa shape index (κ3) is 3.23. The smallest absolute Gasteiger partial charge is 0.207 e. The molecule has 0 saturated carbocycles.